The van der Waals surface area contributed by atoms with Gasteiger partial charge in [0.15, 0.2) is 0 Å². The fourth-order valence-electron chi connectivity index (χ4n) is 2.21. The van der Waals surface area contributed by atoms with Crippen molar-refractivity contribution < 1.29 is 4.79 Å². The molecule has 0 aromatic heterocycles. The van der Waals surface area contributed by atoms with Gasteiger partial charge < -0.3 is 5.32 Å². The summed E-state index contributed by atoms with van der Waals surface area (Å²) in [7, 11) is 0. The maximum atomic E-state index is 11.8. The molecule has 3 heteroatoms. The molecule has 1 saturated heterocycles. The average molecular weight is 232 g/mol. The highest BCUT2D eigenvalue weighted by atomic mass is 16.2. The van der Waals surface area contributed by atoms with Crippen LogP contribution in [0.1, 0.15) is 18.9 Å². The third-order valence-electron chi connectivity index (χ3n) is 3.21. The molecule has 0 bridgehead atoms. The lowest BCUT2D eigenvalue weighted by Crippen LogP contribution is -2.31. The Labute approximate surface area is 103 Å². The van der Waals surface area contributed by atoms with Crippen LogP contribution in [0.15, 0.2) is 24.3 Å². The van der Waals surface area contributed by atoms with Crippen LogP contribution >= 0.6 is 0 Å². The summed E-state index contributed by atoms with van der Waals surface area (Å²) >= 11 is 0. The van der Waals surface area contributed by atoms with E-state index in [4.69, 9.17) is 0 Å². The first-order valence-electron chi connectivity index (χ1n) is 6.22. The van der Waals surface area contributed by atoms with Gasteiger partial charge in [0.2, 0.25) is 5.91 Å². The molecule has 2 rings (SSSR count). The molecule has 1 atom stereocenters. The van der Waals surface area contributed by atoms with Gasteiger partial charge >= 0.3 is 0 Å². The summed E-state index contributed by atoms with van der Waals surface area (Å²) in [5, 5.41) is 2.93. The zero-order valence-corrected chi connectivity index (χ0v) is 10.6. The van der Waals surface area contributed by atoms with Crippen LogP contribution in [0.5, 0.6) is 0 Å². The molecule has 0 unspecified atom stereocenters. The normalized spacial score (nSPS) is 20.5. The summed E-state index contributed by atoms with van der Waals surface area (Å²) in [5.74, 6) is 0.810. The molecule has 92 valence electrons. The predicted molar refractivity (Wildman–Crippen MR) is 70.0 cm³/mol. The van der Waals surface area contributed by atoms with Crippen LogP contribution in [-0.2, 0) is 4.79 Å². The summed E-state index contributed by atoms with van der Waals surface area (Å²) < 4.78 is 0. The third-order valence-corrected chi connectivity index (χ3v) is 3.21. The number of rotatable bonds is 3. The number of nitrogens with zero attached hydrogens (tertiary/aromatic N) is 1. The highest BCUT2D eigenvalue weighted by Gasteiger charge is 2.20. The molecule has 0 spiro atoms. The fourth-order valence-corrected chi connectivity index (χ4v) is 2.21. The van der Waals surface area contributed by atoms with E-state index >= 15 is 0 Å². The van der Waals surface area contributed by atoms with E-state index < -0.39 is 0 Å². The van der Waals surface area contributed by atoms with Crippen molar-refractivity contribution in [2.75, 3.05) is 25.0 Å². The van der Waals surface area contributed by atoms with Crippen molar-refractivity contribution in [3.8, 4) is 0 Å². The minimum Gasteiger partial charge on any atom is -0.325 e. The highest BCUT2D eigenvalue weighted by Crippen LogP contribution is 2.15. The van der Waals surface area contributed by atoms with Crippen LogP contribution in [0.4, 0.5) is 5.69 Å². The Kier molecular flexibility index (Phi) is 3.79. The number of hydrogen-bond acceptors (Lipinski definition) is 2. The largest absolute Gasteiger partial charge is 0.325 e. The molecule has 1 aromatic rings. The van der Waals surface area contributed by atoms with Gasteiger partial charge in [-0.3, -0.25) is 9.69 Å². The van der Waals surface area contributed by atoms with Crippen molar-refractivity contribution in [2.24, 2.45) is 5.92 Å². The van der Waals surface area contributed by atoms with Crippen molar-refractivity contribution in [2.45, 2.75) is 20.3 Å². The molecule has 0 saturated carbocycles. The van der Waals surface area contributed by atoms with Gasteiger partial charge in [0, 0.05) is 12.2 Å². The van der Waals surface area contributed by atoms with Crippen molar-refractivity contribution in [1.82, 2.24) is 4.90 Å². The number of carbonyl (C=O) groups is 1. The predicted octanol–water partition coefficient (Wildman–Crippen LogP) is 2.28. The summed E-state index contributed by atoms with van der Waals surface area (Å²) in [6.45, 7) is 6.87. The Bertz CT molecular complexity index is 386. The van der Waals surface area contributed by atoms with Gasteiger partial charge in [-0.05, 0) is 37.9 Å². The molecule has 1 heterocycles. The molecule has 1 aliphatic heterocycles. The molecule has 3 nitrogen and oxygen atoms in total. The molecule has 1 fully saturated rings. The zero-order valence-electron chi connectivity index (χ0n) is 10.6. The number of benzene rings is 1. The Morgan fingerprint density at radius 3 is 2.71 bits per heavy atom. The number of carbonyl (C=O) groups excluding carboxylic acids is 1. The van der Waals surface area contributed by atoms with E-state index in [2.05, 4.69) is 17.1 Å². The minimum atomic E-state index is 0.0861. The number of amides is 1. The highest BCUT2D eigenvalue weighted by molar-refractivity contribution is 5.92. The lowest BCUT2D eigenvalue weighted by molar-refractivity contribution is -0.117. The zero-order chi connectivity index (χ0) is 12.3. The average Bonchev–Trinajstić information content (AvgIpc) is 2.67. The lowest BCUT2D eigenvalue weighted by atomic mass is 10.2. The van der Waals surface area contributed by atoms with E-state index in [1.54, 1.807) is 0 Å². The molecular weight excluding hydrogens is 212 g/mol. The summed E-state index contributed by atoms with van der Waals surface area (Å²) in [6.07, 6.45) is 1.21. The first kappa shape index (κ1) is 12.1. The van der Waals surface area contributed by atoms with E-state index in [9.17, 15) is 4.79 Å². The van der Waals surface area contributed by atoms with Crippen LogP contribution in [0.3, 0.4) is 0 Å². The van der Waals surface area contributed by atoms with Crippen molar-refractivity contribution >= 4 is 11.6 Å². The lowest BCUT2D eigenvalue weighted by Gasteiger charge is -2.14. The summed E-state index contributed by atoms with van der Waals surface area (Å²) in [4.78, 5) is 14.0. The molecule has 0 radical (unpaired) electrons. The van der Waals surface area contributed by atoms with Gasteiger partial charge in [-0.1, -0.05) is 24.6 Å². The molecule has 0 aliphatic carbocycles. The van der Waals surface area contributed by atoms with Gasteiger partial charge in [0.25, 0.3) is 0 Å². The first-order chi connectivity index (χ1) is 8.13. The third kappa shape index (κ3) is 3.56. The quantitative estimate of drug-likeness (QED) is 0.867. The number of anilines is 1. The molecule has 17 heavy (non-hydrogen) atoms. The van der Waals surface area contributed by atoms with Crippen LogP contribution < -0.4 is 5.32 Å². The Hall–Kier alpha value is -1.35. The van der Waals surface area contributed by atoms with Crippen molar-refractivity contribution in [3.63, 3.8) is 0 Å². The minimum absolute atomic E-state index is 0.0861. The SMILES string of the molecule is Cc1ccc(NC(=O)CN2CC[C@@H](C)C2)cc1. The number of aryl methyl sites for hydroxylation is 1. The number of nitrogens with one attached hydrogen (secondary N) is 1. The Morgan fingerprint density at radius 1 is 1.41 bits per heavy atom. The maximum Gasteiger partial charge on any atom is 0.238 e. The van der Waals surface area contributed by atoms with Gasteiger partial charge in [-0.25, -0.2) is 0 Å². The van der Waals surface area contributed by atoms with E-state index in [0.717, 1.165) is 24.7 Å². The molecule has 1 aromatic carbocycles. The molecular formula is C14H20N2O. The van der Waals surface area contributed by atoms with Gasteiger partial charge in [-0.2, -0.15) is 0 Å². The summed E-state index contributed by atoms with van der Waals surface area (Å²) in [6, 6.07) is 7.90. The first-order valence-corrected chi connectivity index (χ1v) is 6.22. The van der Waals surface area contributed by atoms with E-state index in [-0.39, 0.29) is 5.91 Å². The van der Waals surface area contributed by atoms with Crippen LogP contribution in [-0.4, -0.2) is 30.4 Å². The maximum absolute atomic E-state index is 11.8. The number of likely N-dealkylation sites (tertiary alicyclic amines) is 1. The second kappa shape index (κ2) is 5.32. The molecule has 1 aliphatic rings. The standard InChI is InChI=1S/C14H20N2O/c1-11-3-5-13(6-4-11)15-14(17)10-16-8-7-12(2)9-16/h3-6,12H,7-10H2,1-2H3,(H,15,17)/t12-/m1/s1. The number of hydrogen-bond donors (Lipinski definition) is 1. The second-order valence-electron chi connectivity index (χ2n) is 5.04. The van der Waals surface area contributed by atoms with Gasteiger partial charge in [0.1, 0.15) is 0 Å². The van der Waals surface area contributed by atoms with Crippen LogP contribution in [0.2, 0.25) is 0 Å². The smallest absolute Gasteiger partial charge is 0.238 e. The molecule has 1 N–H and O–H groups in total. The molecule has 1 amide bonds. The van der Waals surface area contributed by atoms with Crippen LogP contribution in [0, 0.1) is 12.8 Å². The van der Waals surface area contributed by atoms with E-state index in [0.29, 0.717) is 6.54 Å². The monoisotopic (exact) mass is 232 g/mol. The van der Waals surface area contributed by atoms with E-state index in [1.165, 1.54) is 12.0 Å². The topological polar surface area (TPSA) is 32.3 Å². The fraction of sp³-hybridized carbons (Fsp3) is 0.500. The van der Waals surface area contributed by atoms with Crippen molar-refractivity contribution in [1.29, 1.82) is 0 Å². The van der Waals surface area contributed by atoms with Gasteiger partial charge in [0.05, 0.1) is 6.54 Å². The van der Waals surface area contributed by atoms with Crippen molar-refractivity contribution in [3.05, 3.63) is 29.8 Å². The Balaban J connectivity index is 1.83. The van der Waals surface area contributed by atoms with Crippen LogP contribution in [0.25, 0.3) is 0 Å². The second-order valence-corrected chi connectivity index (χ2v) is 5.04. The summed E-state index contributed by atoms with van der Waals surface area (Å²) in [5.41, 5.74) is 2.09. The van der Waals surface area contributed by atoms with Gasteiger partial charge in [-0.15, -0.1) is 0 Å². The van der Waals surface area contributed by atoms with E-state index in [1.807, 2.05) is 31.2 Å². The Morgan fingerprint density at radius 2 is 2.12 bits per heavy atom.